The molecule has 1 heterocycles. The third kappa shape index (κ3) is 12.6. The van der Waals surface area contributed by atoms with E-state index in [0.29, 0.717) is 22.9 Å². The number of carbonyl (C=O) groups is 1. The molecule has 0 N–H and O–H groups in total. The summed E-state index contributed by atoms with van der Waals surface area (Å²) in [5.41, 5.74) is 0.940. The van der Waals surface area contributed by atoms with Gasteiger partial charge in [-0.05, 0) is 36.8 Å². The zero-order valence-corrected chi connectivity index (χ0v) is 21.1. The van der Waals surface area contributed by atoms with Gasteiger partial charge in [0.1, 0.15) is 0 Å². The normalized spacial score (nSPS) is 11.2. The monoisotopic (exact) mass is 494 g/mol. The molecule has 0 spiro atoms. The van der Waals surface area contributed by atoms with Crippen LogP contribution in [0.5, 0.6) is 0 Å². The second-order valence-corrected chi connectivity index (χ2v) is 8.50. The van der Waals surface area contributed by atoms with Gasteiger partial charge in [0.25, 0.3) is 0 Å². The molecule has 5 nitrogen and oxygen atoms in total. The first kappa shape index (κ1) is 28.9. The van der Waals surface area contributed by atoms with E-state index in [4.69, 9.17) is 16.3 Å². The van der Waals surface area contributed by atoms with Crippen LogP contribution in [-0.2, 0) is 16.1 Å². The molecule has 1 aromatic heterocycles. The number of hydrogen-bond acceptors (Lipinski definition) is 4. The Labute approximate surface area is 209 Å². The summed E-state index contributed by atoms with van der Waals surface area (Å²) in [7, 11) is 0. The van der Waals surface area contributed by atoms with Crippen LogP contribution in [0.1, 0.15) is 76.7 Å². The Hall–Kier alpha value is -2.11. The van der Waals surface area contributed by atoms with Gasteiger partial charge < -0.3 is 9.84 Å². The molecular formula is C26H36Cl2N2O3. The fourth-order valence-corrected chi connectivity index (χ4v) is 3.54. The van der Waals surface area contributed by atoms with Crippen molar-refractivity contribution in [3.05, 3.63) is 59.4 Å². The molecule has 0 amide bonds. The van der Waals surface area contributed by atoms with Crippen molar-refractivity contribution in [2.45, 2.75) is 77.7 Å². The molecule has 0 fully saturated rings. The summed E-state index contributed by atoms with van der Waals surface area (Å²) < 4.78 is 6.99. The standard InChI is InChI=1S/C26H35ClN2O3.ClH/c1-2-3-4-5-6-7-8-9-10-11-19-32-25(30)21-29-18-12-13-22(20-29)26(31)28-24-16-14-23(27)15-17-24;/h12-18,20H,2-11,19,21H2,1H3;1H. The maximum atomic E-state index is 12.4. The lowest BCUT2D eigenvalue weighted by atomic mass is 10.1. The number of carbonyl (C=O) groups excluding carboxylic acids is 1. The highest BCUT2D eigenvalue weighted by Gasteiger charge is 2.11. The van der Waals surface area contributed by atoms with Gasteiger partial charge in [0, 0.05) is 22.6 Å². The molecule has 0 saturated carbocycles. The first-order valence-corrected chi connectivity index (χ1v) is 12.1. The minimum absolute atomic E-state index is 0. The fraction of sp³-hybridized carbons (Fsp3) is 0.500. The summed E-state index contributed by atoms with van der Waals surface area (Å²) in [5.74, 6) is -0.675. The van der Waals surface area contributed by atoms with Crippen molar-refractivity contribution >= 4 is 41.6 Å². The molecule has 2 rings (SSSR count). The van der Waals surface area contributed by atoms with Crippen molar-refractivity contribution in [1.29, 1.82) is 0 Å². The van der Waals surface area contributed by atoms with Crippen LogP contribution in [0.25, 0.3) is 0 Å². The van der Waals surface area contributed by atoms with Crippen molar-refractivity contribution in [3.63, 3.8) is 0 Å². The summed E-state index contributed by atoms with van der Waals surface area (Å²) in [5, 5.41) is 13.0. The first-order valence-electron chi connectivity index (χ1n) is 11.7. The number of nitrogens with zero attached hydrogens (tertiary/aromatic N) is 2. The van der Waals surface area contributed by atoms with Gasteiger partial charge in [-0.2, -0.15) is 4.57 Å². The number of esters is 1. The van der Waals surface area contributed by atoms with E-state index in [0.717, 1.165) is 12.8 Å². The van der Waals surface area contributed by atoms with Crippen molar-refractivity contribution in [2.24, 2.45) is 4.99 Å². The Bertz CT molecular complexity index is 842. The zero-order chi connectivity index (χ0) is 23.0. The Morgan fingerprint density at radius 3 is 2.21 bits per heavy atom. The van der Waals surface area contributed by atoms with Gasteiger partial charge in [-0.25, -0.2) is 4.79 Å². The molecule has 0 bridgehead atoms. The van der Waals surface area contributed by atoms with Gasteiger partial charge in [-0.1, -0.05) is 76.3 Å². The van der Waals surface area contributed by atoms with Gasteiger partial charge in [0.05, 0.1) is 12.3 Å². The van der Waals surface area contributed by atoms with Gasteiger partial charge in [-0.3, -0.25) is 4.99 Å². The molecule has 7 heteroatoms. The highest BCUT2D eigenvalue weighted by atomic mass is 35.5. The van der Waals surface area contributed by atoms with Crippen LogP contribution in [0.3, 0.4) is 0 Å². The lowest BCUT2D eigenvalue weighted by Gasteiger charge is -2.09. The number of halogens is 2. The molecule has 182 valence electrons. The highest BCUT2D eigenvalue weighted by molar-refractivity contribution is 6.30. The van der Waals surface area contributed by atoms with Crippen LogP contribution < -0.4 is 9.67 Å². The topological polar surface area (TPSA) is 65.6 Å². The Morgan fingerprint density at radius 1 is 0.970 bits per heavy atom. The lowest BCUT2D eigenvalue weighted by molar-refractivity contribution is -0.686. The van der Waals surface area contributed by atoms with Crippen molar-refractivity contribution < 1.29 is 19.2 Å². The smallest absolute Gasteiger partial charge is 0.372 e. The molecule has 1 aromatic carbocycles. The average Bonchev–Trinajstić information content (AvgIpc) is 2.79. The van der Waals surface area contributed by atoms with Crippen LogP contribution in [0.4, 0.5) is 5.69 Å². The van der Waals surface area contributed by atoms with Crippen LogP contribution in [-0.4, -0.2) is 18.5 Å². The number of benzene rings is 1. The highest BCUT2D eigenvalue weighted by Crippen LogP contribution is 2.16. The van der Waals surface area contributed by atoms with Gasteiger partial charge in [0.15, 0.2) is 12.4 Å². The maximum absolute atomic E-state index is 12.4. The molecule has 33 heavy (non-hydrogen) atoms. The SMILES string of the molecule is CCCCCCCCCCCCOC(=O)C[n+]1cccc(C([O-])=Nc2ccc(Cl)cc2)c1.Cl. The second kappa shape index (κ2) is 17.4. The number of pyridine rings is 1. The predicted octanol–water partition coefficient (Wildman–Crippen LogP) is 5.95. The number of ether oxygens (including phenoxy) is 1. The molecule has 0 unspecified atom stereocenters. The van der Waals surface area contributed by atoms with Gasteiger partial charge in [0.2, 0.25) is 6.54 Å². The van der Waals surface area contributed by atoms with Crippen LogP contribution >= 0.6 is 24.0 Å². The van der Waals surface area contributed by atoms with Gasteiger partial charge >= 0.3 is 5.97 Å². The Morgan fingerprint density at radius 2 is 1.58 bits per heavy atom. The summed E-state index contributed by atoms with van der Waals surface area (Å²) >= 11 is 5.85. The third-order valence-corrected chi connectivity index (χ3v) is 5.49. The van der Waals surface area contributed by atoms with Gasteiger partial charge in [-0.15, -0.1) is 12.4 Å². The van der Waals surface area contributed by atoms with Crippen LogP contribution in [0.15, 0.2) is 53.8 Å². The average molecular weight is 495 g/mol. The van der Waals surface area contributed by atoms with E-state index in [-0.39, 0.29) is 30.8 Å². The minimum Gasteiger partial charge on any atom is -0.858 e. The largest absolute Gasteiger partial charge is 0.858 e. The third-order valence-electron chi connectivity index (χ3n) is 5.24. The second-order valence-electron chi connectivity index (χ2n) is 8.06. The summed E-state index contributed by atoms with van der Waals surface area (Å²) in [6, 6.07) is 10.1. The zero-order valence-electron chi connectivity index (χ0n) is 19.5. The van der Waals surface area contributed by atoms with E-state index in [9.17, 15) is 9.90 Å². The quantitative estimate of drug-likeness (QED) is 0.101. The van der Waals surface area contributed by atoms with Crippen LogP contribution in [0.2, 0.25) is 5.02 Å². The molecule has 0 atom stereocenters. The number of aliphatic imine (C=N–C) groups is 1. The fourth-order valence-electron chi connectivity index (χ4n) is 3.41. The Balaban J connectivity index is 0.00000544. The summed E-state index contributed by atoms with van der Waals surface area (Å²) in [6.07, 6.45) is 15.8. The van der Waals surface area contributed by atoms with E-state index in [2.05, 4.69) is 11.9 Å². The van der Waals surface area contributed by atoms with Crippen molar-refractivity contribution in [2.75, 3.05) is 6.61 Å². The Kier molecular flexibility index (Phi) is 15.2. The summed E-state index contributed by atoms with van der Waals surface area (Å²) in [4.78, 5) is 16.2. The number of rotatable bonds is 15. The molecular weight excluding hydrogens is 459 g/mol. The molecule has 0 aliphatic carbocycles. The molecule has 0 radical (unpaired) electrons. The van der Waals surface area contributed by atoms with E-state index in [1.165, 1.54) is 51.4 Å². The van der Waals surface area contributed by atoms with E-state index >= 15 is 0 Å². The van der Waals surface area contributed by atoms with Crippen molar-refractivity contribution in [1.82, 2.24) is 0 Å². The maximum Gasteiger partial charge on any atom is 0.372 e. The number of unbranched alkanes of at least 4 members (excludes halogenated alkanes) is 9. The van der Waals surface area contributed by atoms with E-state index < -0.39 is 0 Å². The van der Waals surface area contributed by atoms with Crippen molar-refractivity contribution in [3.8, 4) is 0 Å². The lowest BCUT2D eigenvalue weighted by Crippen LogP contribution is -2.39. The van der Waals surface area contributed by atoms with E-state index in [1.54, 1.807) is 53.4 Å². The van der Waals surface area contributed by atoms with E-state index in [1.807, 2.05) is 0 Å². The number of hydrogen-bond donors (Lipinski definition) is 0. The minimum atomic E-state index is -0.375. The summed E-state index contributed by atoms with van der Waals surface area (Å²) in [6.45, 7) is 2.75. The van der Waals surface area contributed by atoms with Crippen LogP contribution in [0, 0.1) is 0 Å². The number of aromatic nitrogens is 1. The molecule has 0 aliphatic rings. The molecule has 0 saturated heterocycles. The first-order chi connectivity index (χ1) is 15.6. The molecule has 2 aromatic rings. The molecule has 0 aliphatic heterocycles. The predicted molar refractivity (Wildman–Crippen MR) is 134 cm³/mol.